The van der Waals surface area contributed by atoms with Gasteiger partial charge in [0.05, 0.1) is 13.0 Å². The number of anilines is 1. The van der Waals surface area contributed by atoms with Gasteiger partial charge in [0.25, 0.3) is 0 Å². The third-order valence-electron chi connectivity index (χ3n) is 2.60. The quantitative estimate of drug-likeness (QED) is 0.783. The summed E-state index contributed by atoms with van der Waals surface area (Å²) in [5, 5.41) is 0. The van der Waals surface area contributed by atoms with E-state index in [2.05, 4.69) is 0 Å². The highest BCUT2D eigenvalue weighted by molar-refractivity contribution is 5.85. The molecule has 0 aromatic heterocycles. The monoisotopic (exact) mass is 249 g/mol. The van der Waals surface area contributed by atoms with E-state index in [1.807, 2.05) is 12.1 Å². The molecule has 1 aromatic carbocycles. The van der Waals surface area contributed by atoms with Crippen LogP contribution in [0.2, 0.25) is 0 Å². The number of hydrogen-bond donors (Lipinski definition) is 1. The molecule has 18 heavy (non-hydrogen) atoms. The molecule has 5 nitrogen and oxygen atoms in total. The number of nitrogen functional groups attached to an aromatic ring is 1. The van der Waals surface area contributed by atoms with Gasteiger partial charge in [-0.15, -0.1) is 0 Å². The van der Waals surface area contributed by atoms with Gasteiger partial charge in [0.2, 0.25) is 11.8 Å². The van der Waals surface area contributed by atoms with Gasteiger partial charge in [-0.05, 0) is 17.7 Å². The molecule has 2 amide bonds. The Hall–Kier alpha value is -2.04. The molecule has 0 radical (unpaired) electrons. The van der Waals surface area contributed by atoms with Gasteiger partial charge in [0.1, 0.15) is 0 Å². The van der Waals surface area contributed by atoms with Gasteiger partial charge >= 0.3 is 0 Å². The average Bonchev–Trinajstić information content (AvgIpc) is 2.28. The normalized spacial score (nSPS) is 9.94. The molecule has 0 saturated heterocycles. The van der Waals surface area contributed by atoms with E-state index in [9.17, 15) is 9.59 Å². The maximum atomic E-state index is 11.9. The number of likely N-dealkylation sites (N-methyl/N-ethyl adjacent to an activating group) is 2. The Morgan fingerprint density at radius 2 is 1.83 bits per heavy atom. The second kappa shape index (κ2) is 6.05. The maximum Gasteiger partial charge on any atom is 0.241 e. The summed E-state index contributed by atoms with van der Waals surface area (Å²) in [6.45, 7) is 0.0914. The summed E-state index contributed by atoms with van der Waals surface area (Å²) < 4.78 is 0. The summed E-state index contributed by atoms with van der Waals surface area (Å²) in [5.74, 6) is -0.200. The van der Waals surface area contributed by atoms with Crippen LogP contribution in [0, 0.1) is 0 Å². The average molecular weight is 249 g/mol. The highest BCUT2D eigenvalue weighted by Gasteiger charge is 2.14. The molecule has 98 valence electrons. The van der Waals surface area contributed by atoms with Crippen LogP contribution >= 0.6 is 0 Å². The molecule has 0 aliphatic heterocycles. The van der Waals surface area contributed by atoms with Crippen molar-refractivity contribution in [2.75, 3.05) is 33.4 Å². The lowest BCUT2D eigenvalue weighted by Crippen LogP contribution is -2.38. The van der Waals surface area contributed by atoms with Crippen molar-refractivity contribution in [2.24, 2.45) is 0 Å². The fourth-order valence-electron chi connectivity index (χ4n) is 1.45. The fraction of sp³-hybridized carbons (Fsp3) is 0.385. The third-order valence-corrected chi connectivity index (χ3v) is 2.60. The Morgan fingerprint density at radius 1 is 1.17 bits per heavy atom. The molecule has 0 fully saturated rings. The summed E-state index contributed by atoms with van der Waals surface area (Å²) in [6.07, 6.45) is 0.252. The largest absolute Gasteiger partial charge is 0.399 e. The predicted octanol–water partition coefficient (Wildman–Crippen LogP) is 0.358. The third kappa shape index (κ3) is 4.08. The molecule has 0 saturated carbocycles. The summed E-state index contributed by atoms with van der Waals surface area (Å²) >= 11 is 0. The standard InChI is InChI=1S/C13H19N3O2/c1-15(2)13(18)9-16(3)12(17)8-10-5-4-6-11(14)7-10/h4-7H,8-9,14H2,1-3H3. The lowest BCUT2D eigenvalue weighted by Gasteiger charge is -2.19. The smallest absolute Gasteiger partial charge is 0.241 e. The zero-order valence-corrected chi connectivity index (χ0v) is 11.0. The van der Waals surface area contributed by atoms with Crippen LogP contribution in [0.1, 0.15) is 5.56 Å². The molecule has 0 unspecified atom stereocenters. The van der Waals surface area contributed by atoms with Crippen LogP contribution in [-0.2, 0) is 16.0 Å². The van der Waals surface area contributed by atoms with Crippen LogP contribution in [0.4, 0.5) is 5.69 Å². The van der Waals surface area contributed by atoms with Gasteiger partial charge in [-0.1, -0.05) is 12.1 Å². The minimum Gasteiger partial charge on any atom is -0.399 e. The number of nitrogens with zero attached hydrogens (tertiary/aromatic N) is 2. The number of benzene rings is 1. The van der Waals surface area contributed by atoms with Gasteiger partial charge in [-0.3, -0.25) is 9.59 Å². The lowest BCUT2D eigenvalue weighted by atomic mass is 10.1. The van der Waals surface area contributed by atoms with Gasteiger partial charge in [-0.25, -0.2) is 0 Å². The zero-order valence-electron chi connectivity index (χ0n) is 11.0. The molecule has 0 spiro atoms. The van der Waals surface area contributed by atoms with E-state index in [-0.39, 0.29) is 24.8 Å². The number of nitrogens with two attached hydrogens (primary N) is 1. The maximum absolute atomic E-state index is 11.9. The highest BCUT2D eigenvalue weighted by Crippen LogP contribution is 2.08. The number of rotatable bonds is 4. The topological polar surface area (TPSA) is 66.6 Å². The number of carbonyl (C=O) groups excluding carboxylic acids is 2. The van der Waals surface area contributed by atoms with E-state index < -0.39 is 0 Å². The first kappa shape index (κ1) is 14.0. The summed E-state index contributed by atoms with van der Waals surface area (Å²) in [5.41, 5.74) is 7.13. The van der Waals surface area contributed by atoms with Gasteiger partial charge in [-0.2, -0.15) is 0 Å². The van der Waals surface area contributed by atoms with Crippen molar-refractivity contribution in [1.82, 2.24) is 9.80 Å². The van der Waals surface area contributed by atoms with Crippen molar-refractivity contribution in [3.63, 3.8) is 0 Å². The predicted molar refractivity (Wildman–Crippen MR) is 70.9 cm³/mol. The molecule has 0 heterocycles. The van der Waals surface area contributed by atoms with Crippen LogP contribution in [-0.4, -0.2) is 49.3 Å². The number of amides is 2. The van der Waals surface area contributed by atoms with E-state index in [1.165, 1.54) is 9.80 Å². The molecule has 0 atom stereocenters. The number of carbonyl (C=O) groups is 2. The van der Waals surface area contributed by atoms with E-state index >= 15 is 0 Å². The number of hydrogen-bond acceptors (Lipinski definition) is 3. The van der Waals surface area contributed by atoms with Crippen LogP contribution in [0.3, 0.4) is 0 Å². The van der Waals surface area contributed by atoms with E-state index in [0.29, 0.717) is 5.69 Å². The summed E-state index contributed by atoms with van der Waals surface area (Å²) in [4.78, 5) is 26.3. The van der Waals surface area contributed by atoms with Crippen LogP contribution < -0.4 is 5.73 Å². The second-order valence-corrected chi connectivity index (χ2v) is 4.46. The fourth-order valence-corrected chi connectivity index (χ4v) is 1.45. The SMILES string of the molecule is CN(C)C(=O)CN(C)C(=O)Cc1cccc(N)c1. The molecule has 1 rings (SSSR count). The molecule has 1 aromatic rings. The van der Waals surface area contributed by atoms with Crippen LogP contribution in [0.25, 0.3) is 0 Å². The van der Waals surface area contributed by atoms with E-state index in [0.717, 1.165) is 5.56 Å². The van der Waals surface area contributed by atoms with Gasteiger partial charge in [0, 0.05) is 26.8 Å². The van der Waals surface area contributed by atoms with Crippen molar-refractivity contribution in [3.8, 4) is 0 Å². The first-order chi connectivity index (χ1) is 8.40. The van der Waals surface area contributed by atoms with Crippen molar-refractivity contribution in [3.05, 3.63) is 29.8 Å². The van der Waals surface area contributed by atoms with Crippen molar-refractivity contribution < 1.29 is 9.59 Å². The van der Waals surface area contributed by atoms with Crippen LogP contribution in [0.15, 0.2) is 24.3 Å². The first-order valence-corrected chi connectivity index (χ1v) is 5.68. The Kier molecular flexibility index (Phi) is 4.71. The molecule has 0 bridgehead atoms. The molecule has 5 heteroatoms. The zero-order chi connectivity index (χ0) is 13.7. The minimum atomic E-state index is -0.101. The van der Waals surface area contributed by atoms with Crippen molar-refractivity contribution in [1.29, 1.82) is 0 Å². The second-order valence-electron chi connectivity index (χ2n) is 4.46. The molecule has 0 aliphatic carbocycles. The minimum absolute atomic E-state index is 0.0914. The molecule has 0 aliphatic rings. The molecular formula is C13H19N3O2. The highest BCUT2D eigenvalue weighted by atomic mass is 16.2. The van der Waals surface area contributed by atoms with Crippen molar-refractivity contribution in [2.45, 2.75) is 6.42 Å². The summed E-state index contributed by atoms with van der Waals surface area (Å²) in [6, 6.07) is 7.19. The molecular weight excluding hydrogens is 230 g/mol. The Balaban J connectivity index is 2.57. The van der Waals surface area contributed by atoms with E-state index in [1.54, 1.807) is 33.3 Å². The van der Waals surface area contributed by atoms with E-state index in [4.69, 9.17) is 5.73 Å². The lowest BCUT2D eigenvalue weighted by molar-refractivity contribution is -0.137. The molecule has 2 N–H and O–H groups in total. The Labute approximate surface area is 107 Å². The van der Waals surface area contributed by atoms with Gasteiger partial charge < -0.3 is 15.5 Å². The summed E-state index contributed by atoms with van der Waals surface area (Å²) in [7, 11) is 4.95. The Morgan fingerprint density at radius 3 is 2.39 bits per heavy atom. The van der Waals surface area contributed by atoms with Crippen LogP contribution in [0.5, 0.6) is 0 Å². The van der Waals surface area contributed by atoms with Gasteiger partial charge in [0.15, 0.2) is 0 Å². The first-order valence-electron chi connectivity index (χ1n) is 5.68. The Bertz CT molecular complexity index is 444. The van der Waals surface area contributed by atoms with Crippen molar-refractivity contribution >= 4 is 17.5 Å².